The molecule has 0 fully saturated rings. The van der Waals surface area contributed by atoms with E-state index in [1.807, 2.05) is 30.3 Å². The average Bonchev–Trinajstić information content (AvgIpc) is 2.68. The Hall–Kier alpha value is -3.39. The van der Waals surface area contributed by atoms with E-state index in [0.29, 0.717) is 23.6 Å². The summed E-state index contributed by atoms with van der Waals surface area (Å²) >= 11 is 0. The predicted octanol–water partition coefficient (Wildman–Crippen LogP) is 4.12. The van der Waals surface area contributed by atoms with Crippen molar-refractivity contribution in [3.8, 4) is 5.75 Å². The van der Waals surface area contributed by atoms with Gasteiger partial charge in [0.2, 0.25) is 10.0 Å². The van der Waals surface area contributed by atoms with Crippen molar-refractivity contribution in [3.63, 3.8) is 0 Å². The fourth-order valence-corrected chi connectivity index (χ4v) is 3.74. The van der Waals surface area contributed by atoms with Gasteiger partial charge in [-0.15, -0.1) is 0 Å². The van der Waals surface area contributed by atoms with E-state index in [0.717, 1.165) is 5.56 Å². The number of nitro groups is 1. The molecule has 0 saturated heterocycles. The maximum atomic E-state index is 12.3. The highest BCUT2D eigenvalue weighted by Gasteiger charge is 2.14. The summed E-state index contributed by atoms with van der Waals surface area (Å²) in [4.78, 5) is 10.3. The van der Waals surface area contributed by atoms with Crippen LogP contribution in [0, 0.1) is 10.1 Å². The molecule has 0 spiro atoms. The van der Waals surface area contributed by atoms with E-state index in [-0.39, 0.29) is 11.4 Å². The highest BCUT2D eigenvalue weighted by atomic mass is 32.2. The molecule has 0 unspecified atom stereocenters. The highest BCUT2D eigenvalue weighted by molar-refractivity contribution is 7.91. The highest BCUT2D eigenvalue weighted by Crippen LogP contribution is 2.20. The van der Waals surface area contributed by atoms with Crippen LogP contribution in [-0.4, -0.2) is 13.3 Å². The number of anilines is 1. The fourth-order valence-electron chi connectivity index (χ4n) is 2.55. The zero-order valence-electron chi connectivity index (χ0n) is 14.8. The first-order chi connectivity index (χ1) is 13.4. The van der Waals surface area contributed by atoms with Gasteiger partial charge >= 0.3 is 0 Å². The number of rotatable bonds is 8. The minimum atomic E-state index is -3.71. The second-order valence-electron chi connectivity index (χ2n) is 6.09. The lowest BCUT2D eigenvalue weighted by Crippen LogP contribution is -2.15. The molecule has 0 aliphatic carbocycles. The zero-order valence-corrected chi connectivity index (χ0v) is 15.6. The minimum absolute atomic E-state index is 0.146. The molecule has 144 valence electrons. The smallest absolute Gasteiger partial charge is 0.269 e. The normalized spacial score (nSPS) is 11.0. The topological polar surface area (TPSA) is 98.5 Å². The Morgan fingerprint density at radius 3 is 2.25 bits per heavy atom. The molecule has 3 aromatic rings. The number of ether oxygens (including phenoxy) is 1. The van der Waals surface area contributed by atoms with Crippen molar-refractivity contribution in [2.24, 2.45) is 0 Å². The molecule has 0 radical (unpaired) electrons. The second kappa shape index (κ2) is 8.53. The number of nitro benzene ring substituents is 1. The molecule has 0 saturated carbocycles. The Bertz CT molecular complexity index is 1050. The molecule has 0 heterocycles. The average molecular weight is 398 g/mol. The number of hydrogen-bond donors (Lipinski definition) is 1. The first-order valence-electron chi connectivity index (χ1n) is 8.42. The molecule has 7 nitrogen and oxygen atoms in total. The molecule has 0 bridgehead atoms. The summed E-state index contributed by atoms with van der Waals surface area (Å²) in [6, 6.07) is 21.8. The van der Waals surface area contributed by atoms with Gasteiger partial charge in [0.05, 0.1) is 10.7 Å². The summed E-state index contributed by atoms with van der Waals surface area (Å²) in [7, 11) is -3.71. The largest absolute Gasteiger partial charge is 0.489 e. The van der Waals surface area contributed by atoms with Crippen LogP contribution in [0.2, 0.25) is 0 Å². The van der Waals surface area contributed by atoms with Crippen LogP contribution in [0.1, 0.15) is 11.1 Å². The van der Waals surface area contributed by atoms with Crippen LogP contribution in [-0.2, 0) is 22.4 Å². The summed E-state index contributed by atoms with van der Waals surface area (Å²) in [6.07, 6.45) is 0. The van der Waals surface area contributed by atoms with Crippen molar-refractivity contribution in [3.05, 3.63) is 100 Å². The van der Waals surface area contributed by atoms with Gasteiger partial charge in [-0.3, -0.25) is 14.8 Å². The van der Waals surface area contributed by atoms with Crippen LogP contribution in [0.15, 0.2) is 78.9 Å². The molecule has 0 aromatic heterocycles. The molecular weight excluding hydrogens is 380 g/mol. The lowest BCUT2D eigenvalue weighted by molar-refractivity contribution is -0.384. The Labute approximate surface area is 162 Å². The van der Waals surface area contributed by atoms with Crippen LogP contribution in [0.5, 0.6) is 5.75 Å². The maximum absolute atomic E-state index is 12.3. The molecule has 0 amide bonds. The molecule has 0 atom stereocenters. The van der Waals surface area contributed by atoms with Gasteiger partial charge < -0.3 is 4.74 Å². The molecular formula is C20H18N2O5S. The van der Waals surface area contributed by atoms with Gasteiger partial charge in [0, 0.05) is 17.8 Å². The van der Waals surface area contributed by atoms with Crippen LogP contribution >= 0.6 is 0 Å². The number of nitrogens with one attached hydrogen (secondary N) is 1. The lowest BCUT2D eigenvalue weighted by Gasteiger charge is -2.10. The molecule has 0 aliphatic rings. The predicted molar refractivity (Wildman–Crippen MR) is 107 cm³/mol. The van der Waals surface area contributed by atoms with Gasteiger partial charge in [0.15, 0.2) is 0 Å². The van der Waals surface area contributed by atoms with E-state index in [4.69, 9.17) is 4.74 Å². The van der Waals surface area contributed by atoms with Gasteiger partial charge in [-0.1, -0.05) is 42.5 Å². The molecule has 3 rings (SSSR count). The van der Waals surface area contributed by atoms with Crippen molar-refractivity contribution in [2.75, 3.05) is 4.72 Å². The van der Waals surface area contributed by atoms with Crippen LogP contribution in [0.25, 0.3) is 0 Å². The van der Waals surface area contributed by atoms with Crippen molar-refractivity contribution in [2.45, 2.75) is 12.4 Å². The van der Waals surface area contributed by atoms with Crippen molar-refractivity contribution in [1.82, 2.24) is 0 Å². The minimum Gasteiger partial charge on any atom is -0.489 e. The summed E-state index contributed by atoms with van der Waals surface area (Å²) in [5, 5.41) is 10.8. The summed E-state index contributed by atoms with van der Waals surface area (Å²) in [6.45, 7) is 0.415. The van der Waals surface area contributed by atoms with E-state index in [9.17, 15) is 18.5 Å². The van der Waals surface area contributed by atoms with E-state index >= 15 is 0 Å². The Morgan fingerprint density at radius 1 is 0.893 bits per heavy atom. The standard InChI is InChI=1S/C20H18N2O5S/c23-22(24)19-8-4-7-17(13-19)15-28(25,26)21-18-9-11-20(12-10-18)27-14-16-5-2-1-3-6-16/h1-13,21H,14-15H2. The van der Waals surface area contributed by atoms with E-state index < -0.39 is 14.9 Å². The first-order valence-corrected chi connectivity index (χ1v) is 10.1. The second-order valence-corrected chi connectivity index (χ2v) is 7.81. The van der Waals surface area contributed by atoms with E-state index in [2.05, 4.69) is 4.72 Å². The van der Waals surface area contributed by atoms with Gasteiger partial charge in [-0.25, -0.2) is 8.42 Å². The lowest BCUT2D eigenvalue weighted by atomic mass is 10.2. The molecule has 3 aromatic carbocycles. The fraction of sp³-hybridized carbons (Fsp3) is 0.100. The van der Waals surface area contributed by atoms with Gasteiger partial charge in [0.25, 0.3) is 5.69 Å². The first kappa shape index (κ1) is 19.4. The third-order valence-electron chi connectivity index (χ3n) is 3.85. The number of benzene rings is 3. The number of non-ortho nitro benzene ring substituents is 1. The number of sulfonamides is 1. The maximum Gasteiger partial charge on any atom is 0.269 e. The van der Waals surface area contributed by atoms with E-state index in [1.54, 1.807) is 24.3 Å². The Morgan fingerprint density at radius 2 is 1.57 bits per heavy atom. The Kier molecular flexibility index (Phi) is 5.90. The molecule has 28 heavy (non-hydrogen) atoms. The molecule has 0 aliphatic heterocycles. The SMILES string of the molecule is O=[N+]([O-])c1cccc(CS(=O)(=O)Nc2ccc(OCc3ccccc3)cc2)c1. The van der Waals surface area contributed by atoms with Gasteiger partial charge in [-0.2, -0.15) is 0 Å². The quantitative estimate of drug-likeness (QED) is 0.455. The third kappa shape index (κ3) is 5.55. The number of hydrogen-bond acceptors (Lipinski definition) is 5. The summed E-state index contributed by atoms with van der Waals surface area (Å²) in [5.41, 5.74) is 1.61. The number of nitrogens with zero attached hydrogens (tertiary/aromatic N) is 1. The van der Waals surface area contributed by atoms with Gasteiger partial charge in [0.1, 0.15) is 12.4 Å². The zero-order chi connectivity index (χ0) is 20.0. The van der Waals surface area contributed by atoms with E-state index in [1.165, 1.54) is 24.3 Å². The van der Waals surface area contributed by atoms with Crippen molar-refractivity contribution < 1.29 is 18.1 Å². The third-order valence-corrected chi connectivity index (χ3v) is 5.11. The van der Waals surface area contributed by atoms with Gasteiger partial charge in [-0.05, 0) is 35.4 Å². The van der Waals surface area contributed by atoms with Crippen LogP contribution in [0.3, 0.4) is 0 Å². The molecule has 8 heteroatoms. The summed E-state index contributed by atoms with van der Waals surface area (Å²) in [5.74, 6) is 0.256. The van der Waals surface area contributed by atoms with Crippen molar-refractivity contribution >= 4 is 21.4 Å². The van der Waals surface area contributed by atoms with Crippen LogP contribution < -0.4 is 9.46 Å². The Balaban J connectivity index is 1.61. The van der Waals surface area contributed by atoms with Crippen molar-refractivity contribution in [1.29, 1.82) is 0 Å². The monoisotopic (exact) mass is 398 g/mol. The summed E-state index contributed by atoms with van der Waals surface area (Å²) < 4.78 is 32.8. The molecule has 1 N–H and O–H groups in total. The van der Waals surface area contributed by atoms with Crippen LogP contribution in [0.4, 0.5) is 11.4 Å².